The van der Waals surface area contributed by atoms with Crippen LogP contribution in [-0.2, 0) is 17.5 Å². The number of halogens is 3. The van der Waals surface area contributed by atoms with E-state index in [1.54, 1.807) is 0 Å². The maximum Gasteiger partial charge on any atom is 0.416 e. The molecule has 0 heterocycles. The summed E-state index contributed by atoms with van der Waals surface area (Å²) in [6, 6.07) is 3.55. The predicted octanol–water partition coefficient (Wildman–Crippen LogP) is 3.39. The number of nitrogens with one attached hydrogen (secondary N) is 1. The first kappa shape index (κ1) is 15.0. The number of hydrogen-bond donors (Lipinski definition) is 2. The van der Waals surface area contributed by atoms with Crippen molar-refractivity contribution in [2.45, 2.75) is 32.0 Å². The zero-order chi connectivity index (χ0) is 16.4. The highest BCUT2D eigenvalue weighted by Gasteiger charge is 2.67. The molecule has 0 radical (unpaired) electrons. The Morgan fingerprint density at radius 3 is 2.39 bits per heavy atom. The van der Waals surface area contributed by atoms with E-state index in [4.69, 9.17) is 5.73 Å². The number of carbonyl (C=O) groups is 1. The first-order chi connectivity index (χ1) is 10.9. The topological polar surface area (TPSA) is 55.1 Å². The van der Waals surface area contributed by atoms with Crippen LogP contribution in [0.4, 0.5) is 18.9 Å². The molecule has 4 unspecified atom stereocenters. The number of hydrogen-bond acceptors (Lipinski definition) is 2. The van der Waals surface area contributed by atoms with Gasteiger partial charge in [-0.1, -0.05) is 0 Å². The third-order valence-electron chi connectivity index (χ3n) is 5.86. The number of fused-ring (bicyclic) bond motifs is 5. The smallest absolute Gasteiger partial charge is 0.326 e. The van der Waals surface area contributed by atoms with Crippen molar-refractivity contribution in [3.05, 3.63) is 29.3 Å². The number of anilines is 1. The lowest BCUT2D eigenvalue weighted by Gasteiger charge is -2.13. The van der Waals surface area contributed by atoms with Gasteiger partial charge in [0.2, 0.25) is 5.91 Å². The van der Waals surface area contributed by atoms with Gasteiger partial charge in [-0.2, -0.15) is 13.2 Å². The van der Waals surface area contributed by atoms with Gasteiger partial charge in [-0.05, 0) is 66.7 Å². The lowest BCUT2D eigenvalue weighted by atomic mass is 10.0. The summed E-state index contributed by atoms with van der Waals surface area (Å²) in [6.45, 7) is 0.00557. The molecule has 23 heavy (non-hydrogen) atoms. The molecule has 1 amide bonds. The fourth-order valence-corrected chi connectivity index (χ4v) is 4.95. The molecular weight excluding hydrogens is 305 g/mol. The molecule has 1 aromatic carbocycles. The van der Waals surface area contributed by atoms with Gasteiger partial charge in [-0.3, -0.25) is 4.79 Å². The summed E-state index contributed by atoms with van der Waals surface area (Å²) in [7, 11) is 0. The SMILES string of the molecule is NCc1cc(NC(=O)C2C3C4CCC(C4)C23)cc(C(F)(F)F)c1. The second-order valence-electron chi connectivity index (χ2n) is 7.12. The van der Waals surface area contributed by atoms with Gasteiger partial charge in [-0.25, -0.2) is 0 Å². The zero-order valence-electron chi connectivity index (χ0n) is 12.6. The van der Waals surface area contributed by atoms with E-state index in [-0.39, 0.29) is 24.1 Å². The molecule has 3 saturated carbocycles. The van der Waals surface area contributed by atoms with Gasteiger partial charge >= 0.3 is 6.18 Å². The average molecular weight is 324 g/mol. The summed E-state index contributed by atoms with van der Waals surface area (Å²) >= 11 is 0. The second kappa shape index (κ2) is 4.97. The number of benzene rings is 1. The average Bonchev–Trinajstić information content (AvgIpc) is 2.95. The van der Waals surface area contributed by atoms with E-state index in [0.717, 1.165) is 12.1 Å². The van der Waals surface area contributed by atoms with Crippen molar-refractivity contribution in [1.82, 2.24) is 0 Å². The molecule has 0 aliphatic heterocycles. The summed E-state index contributed by atoms with van der Waals surface area (Å²) in [5, 5.41) is 2.69. The standard InChI is InChI=1S/C17H19F3N2O/c18-17(19,20)11-3-8(7-21)4-12(6-11)22-16(23)15-13-9-1-2-10(5-9)14(13)15/h3-4,6,9-10,13-15H,1-2,5,7,21H2,(H,22,23). The van der Waals surface area contributed by atoms with Crippen LogP contribution in [-0.4, -0.2) is 5.91 Å². The van der Waals surface area contributed by atoms with Crippen molar-refractivity contribution in [3.8, 4) is 0 Å². The van der Waals surface area contributed by atoms with Crippen LogP contribution in [0.15, 0.2) is 18.2 Å². The Kier molecular flexibility index (Phi) is 3.24. The molecule has 1 aromatic rings. The van der Waals surface area contributed by atoms with Crippen LogP contribution in [0, 0.1) is 29.6 Å². The Morgan fingerprint density at radius 2 is 1.83 bits per heavy atom. The van der Waals surface area contributed by atoms with Gasteiger partial charge in [0.1, 0.15) is 0 Å². The summed E-state index contributed by atoms with van der Waals surface area (Å²) in [6.07, 6.45) is -0.799. The summed E-state index contributed by atoms with van der Waals surface area (Å²) < 4.78 is 38.8. The van der Waals surface area contributed by atoms with Crippen molar-refractivity contribution >= 4 is 11.6 Å². The minimum absolute atomic E-state index is 0.00267. The first-order valence-corrected chi connectivity index (χ1v) is 8.10. The van der Waals surface area contributed by atoms with E-state index >= 15 is 0 Å². The summed E-state index contributed by atoms with van der Waals surface area (Å²) in [5.41, 5.74) is 5.27. The van der Waals surface area contributed by atoms with Crippen LogP contribution in [0.3, 0.4) is 0 Å². The van der Waals surface area contributed by atoms with E-state index in [2.05, 4.69) is 5.32 Å². The van der Waals surface area contributed by atoms with Crippen molar-refractivity contribution in [3.63, 3.8) is 0 Å². The highest BCUT2D eigenvalue weighted by atomic mass is 19.4. The van der Waals surface area contributed by atoms with Crippen molar-refractivity contribution < 1.29 is 18.0 Å². The Labute approximate surface area is 132 Å². The Balaban J connectivity index is 1.52. The van der Waals surface area contributed by atoms with Gasteiger partial charge in [0.15, 0.2) is 0 Å². The largest absolute Gasteiger partial charge is 0.416 e. The van der Waals surface area contributed by atoms with Crippen LogP contribution in [0.25, 0.3) is 0 Å². The van der Waals surface area contributed by atoms with E-state index < -0.39 is 11.7 Å². The zero-order valence-corrected chi connectivity index (χ0v) is 12.6. The molecule has 3 fully saturated rings. The minimum atomic E-state index is -4.44. The molecule has 0 aromatic heterocycles. The van der Waals surface area contributed by atoms with Crippen molar-refractivity contribution in [1.29, 1.82) is 0 Å². The summed E-state index contributed by atoms with van der Waals surface area (Å²) in [5.74, 6) is 2.11. The van der Waals surface area contributed by atoms with E-state index in [1.807, 2.05) is 0 Å². The molecule has 3 nitrogen and oxygen atoms in total. The lowest BCUT2D eigenvalue weighted by molar-refractivity contribution is -0.137. The molecule has 124 valence electrons. The van der Waals surface area contributed by atoms with Crippen LogP contribution in [0.5, 0.6) is 0 Å². The van der Waals surface area contributed by atoms with Crippen molar-refractivity contribution in [2.24, 2.45) is 35.3 Å². The third kappa shape index (κ3) is 2.43. The molecule has 3 aliphatic rings. The van der Waals surface area contributed by atoms with Crippen LogP contribution in [0.2, 0.25) is 0 Å². The van der Waals surface area contributed by atoms with E-state index in [1.165, 1.54) is 25.3 Å². The van der Waals surface area contributed by atoms with Crippen LogP contribution in [0.1, 0.15) is 30.4 Å². The molecule has 3 aliphatic carbocycles. The molecule has 0 saturated heterocycles. The first-order valence-electron chi connectivity index (χ1n) is 8.10. The van der Waals surface area contributed by atoms with Crippen molar-refractivity contribution in [2.75, 3.05) is 5.32 Å². The fourth-order valence-electron chi connectivity index (χ4n) is 4.95. The Morgan fingerprint density at radius 1 is 1.17 bits per heavy atom. The lowest BCUT2D eigenvalue weighted by Crippen LogP contribution is -2.19. The van der Waals surface area contributed by atoms with Gasteiger partial charge < -0.3 is 11.1 Å². The Bertz CT molecular complexity index is 642. The maximum atomic E-state index is 12.9. The summed E-state index contributed by atoms with van der Waals surface area (Å²) in [4.78, 5) is 12.4. The number of carbonyl (C=O) groups excluding carboxylic acids is 1. The van der Waals surface area contributed by atoms with E-state index in [9.17, 15) is 18.0 Å². The second-order valence-corrected chi connectivity index (χ2v) is 7.12. The van der Waals surface area contributed by atoms with Crippen LogP contribution < -0.4 is 11.1 Å². The number of alkyl halides is 3. The third-order valence-corrected chi connectivity index (χ3v) is 5.86. The molecule has 6 heteroatoms. The predicted molar refractivity (Wildman–Crippen MR) is 79.3 cm³/mol. The highest BCUT2D eigenvalue weighted by molar-refractivity contribution is 5.95. The maximum absolute atomic E-state index is 12.9. The highest BCUT2D eigenvalue weighted by Crippen LogP contribution is 2.69. The van der Waals surface area contributed by atoms with Crippen LogP contribution >= 0.6 is 0 Å². The fraction of sp³-hybridized carbons (Fsp3) is 0.588. The number of nitrogens with two attached hydrogens (primary N) is 1. The minimum Gasteiger partial charge on any atom is -0.326 e. The number of amides is 1. The molecule has 4 rings (SSSR count). The normalized spacial score (nSPS) is 34.3. The molecular formula is C17H19F3N2O. The molecule has 0 spiro atoms. The van der Waals surface area contributed by atoms with Gasteiger partial charge in [0.25, 0.3) is 0 Å². The molecule has 3 N–H and O–H groups in total. The van der Waals surface area contributed by atoms with Gasteiger partial charge in [0.05, 0.1) is 5.56 Å². The quantitative estimate of drug-likeness (QED) is 0.895. The molecule has 4 atom stereocenters. The number of rotatable bonds is 3. The Hall–Kier alpha value is -1.56. The van der Waals surface area contributed by atoms with Gasteiger partial charge in [0, 0.05) is 18.2 Å². The monoisotopic (exact) mass is 324 g/mol. The van der Waals surface area contributed by atoms with Gasteiger partial charge in [-0.15, -0.1) is 0 Å². The molecule has 2 bridgehead atoms. The van der Waals surface area contributed by atoms with E-state index in [0.29, 0.717) is 29.2 Å².